The van der Waals surface area contributed by atoms with Gasteiger partial charge in [0, 0.05) is 48.3 Å². The third-order valence-electron chi connectivity index (χ3n) is 4.31. The predicted octanol–water partition coefficient (Wildman–Crippen LogP) is 1.38. The maximum atomic E-state index is 11.9. The van der Waals surface area contributed by atoms with Gasteiger partial charge >= 0.3 is 5.97 Å². The van der Waals surface area contributed by atoms with Crippen molar-refractivity contribution in [3.63, 3.8) is 0 Å². The molecule has 0 radical (unpaired) electrons. The number of nitrogens with zero attached hydrogens (tertiary/aromatic N) is 2. The summed E-state index contributed by atoms with van der Waals surface area (Å²) in [4.78, 5) is 29.6. The number of aryl methyl sites for hydroxylation is 1. The maximum Gasteiger partial charge on any atom is 0.325 e. The normalized spacial score (nSPS) is 17.6. The van der Waals surface area contributed by atoms with Crippen LogP contribution in [0.2, 0.25) is 0 Å². The number of amides is 1. The number of nitrogens with one attached hydrogen (secondary N) is 1. The van der Waals surface area contributed by atoms with Crippen molar-refractivity contribution in [3.05, 3.63) is 35.5 Å². The molecule has 1 unspecified atom stereocenters. The van der Waals surface area contributed by atoms with Crippen LogP contribution in [0.3, 0.4) is 0 Å². The first kappa shape index (κ1) is 14.6. The van der Waals surface area contributed by atoms with Crippen molar-refractivity contribution >= 4 is 23.3 Å². The molecule has 3 rings (SSSR count). The number of H-pyrrole nitrogens is 1. The maximum absolute atomic E-state index is 11.9. The van der Waals surface area contributed by atoms with Crippen LogP contribution in [0.1, 0.15) is 17.3 Å². The van der Waals surface area contributed by atoms with Gasteiger partial charge in [-0.1, -0.05) is 18.2 Å². The van der Waals surface area contributed by atoms with Crippen LogP contribution < -0.4 is 0 Å². The number of aliphatic carboxylic acids is 1. The zero-order chi connectivity index (χ0) is 15.7. The van der Waals surface area contributed by atoms with E-state index in [9.17, 15) is 14.7 Å². The molecule has 22 heavy (non-hydrogen) atoms. The molecular weight excluding hydrogens is 282 g/mol. The van der Waals surface area contributed by atoms with Crippen molar-refractivity contribution in [2.45, 2.75) is 13.0 Å². The van der Waals surface area contributed by atoms with Crippen molar-refractivity contribution in [3.8, 4) is 0 Å². The molecule has 1 aliphatic rings. The Balaban J connectivity index is 1.99. The molecule has 2 heterocycles. The van der Waals surface area contributed by atoms with Gasteiger partial charge in [-0.25, -0.2) is 0 Å². The van der Waals surface area contributed by atoms with Crippen molar-refractivity contribution in [2.24, 2.45) is 0 Å². The molecular formula is C16H19N3O3. The fourth-order valence-corrected chi connectivity index (χ4v) is 3.21. The van der Waals surface area contributed by atoms with Crippen molar-refractivity contribution in [1.29, 1.82) is 0 Å². The van der Waals surface area contributed by atoms with Crippen LogP contribution in [0.15, 0.2) is 24.3 Å². The number of aromatic nitrogens is 1. The summed E-state index contributed by atoms with van der Waals surface area (Å²) in [6.07, 6.45) is 0.823. The Hall–Kier alpha value is -2.34. The first-order valence-electron chi connectivity index (χ1n) is 7.35. The number of benzene rings is 1. The van der Waals surface area contributed by atoms with Gasteiger partial charge < -0.3 is 15.0 Å². The van der Waals surface area contributed by atoms with E-state index in [1.165, 1.54) is 0 Å². The molecule has 6 nitrogen and oxygen atoms in total. The van der Waals surface area contributed by atoms with E-state index in [1.807, 2.05) is 36.1 Å². The number of hydrogen-bond donors (Lipinski definition) is 2. The Bertz CT molecular complexity index is 702. The van der Waals surface area contributed by atoms with Crippen LogP contribution in [0.5, 0.6) is 0 Å². The van der Waals surface area contributed by atoms with Gasteiger partial charge in [-0.3, -0.25) is 14.5 Å². The Morgan fingerprint density at radius 3 is 2.59 bits per heavy atom. The highest BCUT2D eigenvalue weighted by molar-refractivity contribution is 5.90. The van der Waals surface area contributed by atoms with E-state index in [2.05, 4.69) is 4.98 Å². The summed E-state index contributed by atoms with van der Waals surface area (Å²) in [5.74, 6) is -0.854. The average Bonchev–Trinajstić information content (AvgIpc) is 2.84. The number of aromatic amines is 1. The Morgan fingerprint density at radius 1 is 1.27 bits per heavy atom. The molecule has 0 aliphatic carbocycles. The quantitative estimate of drug-likeness (QED) is 0.836. The smallest absolute Gasteiger partial charge is 0.325 e. The van der Waals surface area contributed by atoms with Crippen LogP contribution in [-0.4, -0.2) is 58.4 Å². The van der Waals surface area contributed by atoms with Gasteiger partial charge in [-0.05, 0) is 13.0 Å². The van der Waals surface area contributed by atoms with Gasteiger partial charge in [0.15, 0.2) is 0 Å². The third-order valence-corrected chi connectivity index (χ3v) is 4.31. The van der Waals surface area contributed by atoms with Crippen molar-refractivity contribution < 1.29 is 14.7 Å². The fraction of sp³-hybridized carbons (Fsp3) is 0.375. The molecule has 0 spiro atoms. The van der Waals surface area contributed by atoms with E-state index in [0.717, 1.165) is 28.6 Å². The summed E-state index contributed by atoms with van der Waals surface area (Å²) < 4.78 is 0. The Kier molecular flexibility index (Phi) is 3.85. The van der Waals surface area contributed by atoms with Crippen molar-refractivity contribution in [1.82, 2.24) is 14.8 Å². The molecule has 6 heteroatoms. The molecule has 1 amide bonds. The lowest BCUT2D eigenvalue weighted by molar-refractivity contribution is -0.144. The number of para-hydroxylation sites is 1. The largest absolute Gasteiger partial charge is 0.480 e. The summed E-state index contributed by atoms with van der Waals surface area (Å²) in [7, 11) is 0. The summed E-state index contributed by atoms with van der Waals surface area (Å²) >= 11 is 0. The number of carbonyl (C=O) groups is 2. The van der Waals surface area contributed by atoms with Crippen LogP contribution in [0.25, 0.3) is 10.9 Å². The molecule has 2 N–H and O–H groups in total. The van der Waals surface area contributed by atoms with Crippen LogP contribution in [-0.2, 0) is 9.59 Å². The van der Waals surface area contributed by atoms with Crippen LogP contribution >= 0.6 is 0 Å². The first-order valence-corrected chi connectivity index (χ1v) is 7.35. The van der Waals surface area contributed by atoms with E-state index in [1.54, 1.807) is 4.90 Å². The zero-order valence-corrected chi connectivity index (χ0v) is 12.5. The average molecular weight is 301 g/mol. The summed E-state index contributed by atoms with van der Waals surface area (Å²) in [6.45, 7) is 4.17. The number of carboxylic acid groups (broad SMARTS) is 1. The minimum atomic E-state index is -0.854. The molecule has 116 valence electrons. The molecule has 1 fully saturated rings. The van der Waals surface area contributed by atoms with E-state index in [0.29, 0.717) is 26.2 Å². The van der Waals surface area contributed by atoms with Crippen LogP contribution in [0, 0.1) is 6.92 Å². The van der Waals surface area contributed by atoms with E-state index in [4.69, 9.17) is 0 Å². The van der Waals surface area contributed by atoms with Gasteiger partial charge in [0.25, 0.3) is 0 Å². The van der Waals surface area contributed by atoms with Crippen molar-refractivity contribution in [2.75, 3.05) is 26.2 Å². The monoisotopic (exact) mass is 301 g/mol. The second-order valence-electron chi connectivity index (χ2n) is 5.63. The highest BCUT2D eigenvalue weighted by atomic mass is 16.4. The predicted molar refractivity (Wildman–Crippen MR) is 82.6 cm³/mol. The molecule has 1 saturated heterocycles. The molecule has 1 aromatic heterocycles. The molecule has 0 saturated carbocycles. The summed E-state index contributed by atoms with van der Waals surface area (Å²) in [5, 5.41) is 10.7. The zero-order valence-electron chi connectivity index (χ0n) is 12.5. The number of fused-ring (bicyclic) bond motifs is 1. The SMILES string of the molecule is Cc1[nH]c2ccccc2c1C(C(=O)O)N1CCN(C=O)CC1. The second-order valence-corrected chi connectivity index (χ2v) is 5.63. The fourth-order valence-electron chi connectivity index (χ4n) is 3.21. The molecule has 0 bridgehead atoms. The first-order chi connectivity index (χ1) is 10.6. The second kappa shape index (κ2) is 5.81. The van der Waals surface area contributed by atoms with Gasteiger partial charge in [0.2, 0.25) is 6.41 Å². The molecule has 1 aliphatic heterocycles. The minimum Gasteiger partial charge on any atom is -0.480 e. The van der Waals surface area contributed by atoms with Gasteiger partial charge in [0.05, 0.1) is 0 Å². The van der Waals surface area contributed by atoms with Gasteiger partial charge in [-0.15, -0.1) is 0 Å². The Labute approximate surface area is 128 Å². The standard InChI is InChI=1S/C16H19N3O3/c1-11-14(12-4-2-3-5-13(12)17-11)15(16(21)22)19-8-6-18(10-20)7-9-19/h2-5,10,15,17H,6-9H2,1H3,(H,21,22). The lowest BCUT2D eigenvalue weighted by atomic mass is 10.0. The van der Waals surface area contributed by atoms with E-state index < -0.39 is 12.0 Å². The number of piperazine rings is 1. The van der Waals surface area contributed by atoms with Gasteiger partial charge in [0.1, 0.15) is 6.04 Å². The lowest BCUT2D eigenvalue weighted by Gasteiger charge is -2.36. The molecule has 1 atom stereocenters. The number of carboxylic acids is 1. The number of rotatable bonds is 4. The summed E-state index contributed by atoms with van der Waals surface area (Å²) in [5.41, 5.74) is 2.65. The summed E-state index contributed by atoms with van der Waals surface area (Å²) in [6, 6.07) is 7.06. The highest BCUT2D eigenvalue weighted by Crippen LogP contribution is 2.32. The number of carbonyl (C=O) groups excluding carboxylic acids is 1. The van der Waals surface area contributed by atoms with Gasteiger partial charge in [-0.2, -0.15) is 0 Å². The number of hydrogen-bond acceptors (Lipinski definition) is 3. The van der Waals surface area contributed by atoms with E-state index in [-0.39, 0.29) is 0 Å². The van der Waals surface area contributed by atoms with Crippen LogP contribution in [0.4, 0.5) is 0 Å². The third kappa shape index (κ3) is 2.46. The Morgan fingerprint density at radius 2 is 1.95 bits per heavy atom. The van der Waals surface area contributed by atoms with E-state index >= 15 is 0 Å². The lowest BCUT2D eigenvalue weighted by Crippen LogP contribution is -2.48. The molecule has 1 aromatic carbocycles. The minimum absolute atomic E-state index is 0.564. The highest BCUT2D eigenvalue weighted by Gasteiger charge is 2.33. The topological polar surface area (TPSA) is 76.6 Å². The molecule has 2 aromatic rings.